The predicted octanol–water partition coefficient (Wildman–Crippen LogP) is 2.06. The predicted molar refractivity (Wildman–Crippen MR) is 60.8 cm³/mol. The van der Waals surface area contributed by atoms with Crippen molar-refractivity contribution >= 4 is 5.78 Å². The largest absolute Gasteiger partial charge is 0.305 e. The summed E-state index contributed by atoms with van der Waals surface area (Å²) in [7, 11) is 2.01. The van der Waals surface area contributed by atoms with Crippen LogP contribution in [0, 0.1) is 11.7 Å². The van der Waals surface area contributed by atoms with Crippen molar-refractivity contribution in [2.75, 3.05) is 20.1 Å². The molecule has 2 nitrogen and oxygen atoms in total. The lowest BCUT2D eigenvalue weighted by atomic mass is 9.84. The zero-order valence-corrected chi connectivity index (χ0v) is 9.61. The molecule has 1 aliphatic rings. The minimum Gasteiger partial charge on any atom is -0.305 e. The number of likely N-dealkylation sites (N-methyl/N-ethyl adjacent to an activating group) is 1. The van der Waals surface area contributed by atoms with Crippen molar-refractivity contribution in [3.05, 3.63) is 35.6 Å². The maximum absolute atomic E-state index is 12.8. The molecular weight excluding hydrogens is 205 g/mol. The standard InChI is InChI=1S/C13H16FNO/c1-9-7-15(2)8-12(13(9)16)10-3-5-11(14)6-4-10/h3-6,9,12H,7-8H2,1-2H3. The minimum atomic E-state index is -0.256. The first-order valence-electron chi connectivity index (χ1n) is 5.55. The van der Waals surface area contributed by atoms with E-state index in [0.29, 0.717) is 0 Å². The highest BCUT2D eigenvalue weighted by Gasteiger charge is 2.31. The van der Waals surface area contributed by atoms with E-state index in [1.165, 1.54) is 12.1 Å². The molecule has 2 rings (SSSR count). The fourth-order valence-corrected chi connectivity index (χ4v) is 2.34. The van der Waals surface area contributed by atoms with Crippen molar-refractivity contribution in [2.24, 2.45) is 5.92 Å². The van der Waals surface area contributed by atoms with E-state index in [9.17, 15) is 9.18 Å². The maximum Gasteiger partial charge on any atom is 0.145 e. The molecule has 0 N–H and O–H groups in total. The van der Waals surface area contributed by atoms with Gasteiger partial charge in [-0.15, -0.1) is 0 Å². The molecule has 0 aromatic heterocycles. The molecule has 16 heavy (non-hydrogen) atoms. The first-order valence-corrected chi connectivity index (χ1v) is 5.55. The Balaban J connectivity index is 2.25. The second-order valence-electron chi connectivity index (χ2n) is 4.63. The normalized spacial score (nSPS) is 27.1. The Kier molecular flexibility index (Phi) is 3.06. The Labute approximate surface area is 95.1 Å². The van der Waals surface area contributed by atoms with Crippen molar-refractivity contribution in [1.29, 1.82) is 0 Å². The maximum atomic E-state index is 12.8. The van der Waals surface area contributed by atoms with Gasteiger partial charge in [0, 0.05) is 19.0 Å². The van der Waals surface area contributed by atoms with Crippen LogP contribution >= 0.6 is 0 Å². The van der Waals surface area contributed by atoms with Crippen LogP contribution in [0.1, 0.15) is 18.4 Å². The second-order valence-corrected chi connectivity index (χ2v) is 4.63. The Morgan fingerprint density at radius 1 is 1.25 bits per heavy atom. The molecule has 1 fully saturated rings. The molecule has 2 atom stereocenters. The fraction of sp³-hybridized carbons (Fsp3) is 0.462. The molecule has 2 unspecified atom stereocenters. The average molecular weight is 221 g/mol. The summed E-state index contributed by atoms with van der Waals surface area (Å²) in [5.41, 5.74) is 0.921. The summed E-state index contributed by atoms with van der Waals surface area (Å²) in [6, 6.07) is 6.26. The van der Waals surface area contributed by atoms with Crippen LogP contribution in [0.4, 0.5) is 4.39 Å². The quantitative estimate of drug-likeness (QED) is 0.723. The number of ketones is 1. The van der Waals surface area contributed by atoms with Crippen LogP contribution in [0.5, 0.6) is 0 Å². The number of benzene rings is 1. The summed E-state index contributed by atoms with van der Waals surface area (Å²) >= 11 is 0. The summed E-state index contributed by atoms with van der Waals surface area (Å²) in [5.74, 6) is -0.0266. The van der Waals surface area contributed by atoms with Gasteiger partial charge in [0.15, 0.2) is 0 Å². The smallest absolute Gasteiger partial charge is 0.145 e. The monoisotopic (exact) mass is 221 g/mol. The van der Waals surface area contributed by atoms with E-state index in [4.69, 9.17) is 0 Å². The Bertz CT molecular complexity index is 387. The van der Waals surface area contributed by atoms with Crippen LogP contribution in [-0.4, -0.2) is 30.8 Å². The lowest BCUT2D eigenvalue weighted by Crippen LogP contribution is -2.42. The van der Waals surface area contributed by atoms with E-state index in [1.807, 2.05) is 14.0 Å². The van der Waals surface area contributed by atoms with E-state index in [1.54, 1.807) is 12.1 Å². The van der Waals surface area contributed by atoms with Gasteiger partial charge in [0.05, 0.1) is 5.92 Å². The van der Waals surface area contributed by atoms with Crippen LogP contribution in [-0.2, 0) is 4.79 Å². The second kappa shape index (κ2) is 4.34. The molecule has 0 bridgehead atoms. The van der Waals surface area contributed by atoms with Gasteiger partial charge in [-0.1, -0.05) is 19.1 Å². The van der Waals surface area contributed by atoms with Gasteiger partial charge in [-0.2, -0.15) is 0 Å². The zero-order chi connectivity index (χ0) is 11.7. The van der Waals surface area contributed by atoms with Crippen molar-refractivity contribution < 1.29 is 9.18 Å². The summed E-state index contributed by atoms with van der Waals surface area (Å²) in [5, 5.41) is 0. The Morgan fingerprint density at radius 3 is 2.50 bits per heavy atom. The molecule has 1 saturated heterocycles. The van der Waals surface area contributed by atoms with Crippen LogP contribution in [0.3, 0.4) is 0 Å². The molecular formula is C13H16FNO. The fourth-order valence-electron chi connectivity index (χ4n) is 2.34. The van der Waals surface area contributed by atoms with Crippen molar-refractivity contribution in [1.82, 2.24) is 4.90 Å². The third-order valence-electron chi connectivity index (χ3n) is 3.18. The lowest BCUT2D eigenvalue weighted by molar-refractivity contribution is -0.127. The Hall–Kier alpha value is -1.22. The van der Waals surface area contributed by atoms with Gasteiger partial charge in [-0.25, -0.2) is 4.39 Å². The summed E-state index contributed by atoms with van der Waals surface area (Å²) in [6.07, 6.45) is 0. The average Bonchev–Trinajstić information content (AvgIpc) is 2.25. The highest BCUT2D eigenvalue weighted by Crippen LogP contribution is 2.26. The van der Waals surface area contributed by atoms with Crippen molar-refractivity contribution in [3.63, 3.8) is 0 Å². The van der Waals surface area contributed by atoms with E-state index in [0.717, 1.165) is 18.7 Å². The summed E-state index contributed by atoms with van der Waals surface area (Å²) in [6.45, 7) is 3.50. The van der Waals surface area contributed by atoms with Gasteiger partial charge in [-0.3, -0.25) is 4.79 Å². The highest BCUT2D eigenvalue weighted by molar-refractivity contribution is 5.88. The first kappa shape index (κ1) is 11.3. The third-order valence-corrected chi connectivity index (χ3v) is 3.18. The first-order chi connectivity index (χ1) is 7.58. The molecule has 0 spiro atoms. The molecule has 1 aromatic carbocycles. The number of rotatable bonds is 1. The minimum absolute atomic E-state index is 0.0637. The lowest BCUT2D eigenvalue weighted by Gasteiger charge is -2.33. The third kappa shape index (κ3) is 2.14. The summed E-state index contributed by atoms with van der Waals surface area (Å²) < 4.78 is 12.8. The van der Waals surface area contributed by atoms with Gasteiger partial charge < -0.3 is 4.90 Å². The molecule has 0 amide bonds. The number of nitrogens with zero attached hydrogens (tertiary/aromatic N) is 1. The summed E-state index contributed by atoms with van der Waals surface area (Å²) in [4.78, 5) is 14.2. The number of Topliss-reactive ketones (excluding diaryl/α,β-unsaturated/α-hetero) is 1. The van der Waals surface area contributed by atoms with Gasteiger partial charge >= 0.3 is 0 Å². The SMILES string of the molecule is CC1CN(C)CC(c2ccc(F)cc2)C1=O. The molecule has 0 saturated carbocycles. The van der Waals surface area contributed by atoms with Crippen molar-refractivity contribution in [2.45, 2.75) is 12.8 Å². The van der Waals surface area contributed by atoms with E-state index < -0.39 is 0 Å². The molecule has 3 heteroatoms. The molecule has 0 radical (unpaired) electrons. The molecule has 1 aromatic rings. The number of hydrogen-bond acceptors (Lipinski definition) is 2. The molecule has 0 aliphatic carbocycles. The number of carbonyl (C=O) groups is 1. The van der Waals surface area contributed by atoms with Gasteiger partial charge in [-0.05, 0) is 24.7 Å². The van der Waals surface area contributed by atoms with Crippen LogP contribution in [0.25, 0.3) is 0 Å². The topological polar surface area (TPSA) is 20.3 Å². The molecule has 1 heterocycles. The molecule has 86 valence electrons. The van der Waals surface area contributed by atoms with E-state index >= 15 is 0 Å². The van der Waals surface area contributed by atoms with Crippen LogP contribution < -0.4 is 0 Å². The van der Waals surface area contributed by atoms with Crippen LogP contribution in [0.2, 0.25) is 0 Å². The van der Waals surface area contributed by atoms with Crippen molar-refractivity contribution in [3.8, 4) is 0 Å². The molecule has 1 aliphatic heterocycles. The van der Waals surface area contributed by atoms with E-state index in [-0.39, 0.29) is 23.4 Å². The number of carbonyl (C=O) groups excluding carboxylic acids is 1. The number of hydrogen-bond donors (Lipinski definition) is 0. The Morgan fingerprint density at radius 2 is 1.88 bits per heavy atom. The van der Waals surface area contributed by atoms with Crippen LogP contribution in [0.15, 0.2) is 24.3 Å². The zero-order valence-electron chi connectivity index (χ0n) is 9.61. The number of likely N-dealkylation sites (tertiary alicyclic amines) is 1. The number of halogens is 1. The van der Waals surface area contributed by atoms with E-state index in [2.05, 4.69) is 4.90 Å². The highest BCUT2D eigenvalue weighted by atomic mass is 19.1. The van der Waals surface area contributed by atoms with Gasteiger partial charge in [0.25, 0.3) is 0 Å². The van der Waals surface area contributed by atoms with Gasteiger partial charge in [0.2, 0.25) is 0 Å². The number of piperidine rings is 1. The van der Waals surface area contributed by atoms with Gasteiger partial charge in [0.1, 0.15) is 11.6 Å².